The number of ether oxygens (including phenoxy) is 1. The molecule has 0 radical (unpaired) electrons. The summed E-state index contributed by atoms with van der Waals surface area (Å²) < 4.78 is 37.2. The fourth-order valence-electron chi connectivity index (χ4n) is 3.90. The topological polar surface area (TPSA) is 85.6 Å². The standard InChI is InChI=1S/C22H30N4O4S/c1-6-26(7-2)21(16-9-8-10-17(13-16)30-5)15-23-31(28,29)18-11-12-19-20(14-18)25(4)22(27)24(19)3/h8-14,21,23H,6-7,15H2,1-5H3/t21-/m1/s1. The lowest BCUT2D eigenvalue weighted by molar-refractivity contribution is 0.219. The zero-order chi connectivity index (χ0) is 22.8. The van der Waals surface area contributed by atoms with E-state index in [2.05, 4.69) is 23.5 Å². The summed E-state index contributed by atoms with van der Waals surface area (Å²) >= 11 is 0. The van der Waals surface area contributed by atoms with Gasteiger partial charge in [0, 0.05) is 26.7 Å². The zero-order valence-corrected chi connectivity index (χ0v) is 19.4. The first-order chi connectivity index (χ1) is 14.7. The third kappa shape index (κ3) is 4.53. The highest BCUT2D eigenvalue weighted by molar-refractivity contribution is 7.89. The zero-order valence-electron chi connectivity index (χ0n) is 18.6. The Bertz CT molecular complexity index is 1230. The number of hydrogen-bond donors (Lipinski definition) is 1. The van der Waals surface area contributed by atoms with E-state index in [9.17, 15) is 13.2 Å². The maximum atomic E-state index is 13.1. The van der Waals surface area contributed by atoms with Crippen molar-refractivity contribution in [1.82, 2.24) is 18.8 Å². The minimum atomic E-state index is -3.77. The van der Waals surface area contributed by atoms with Crippen LogP contribution in [0.2, 0.25) is 0 Å². The molecule has 0 fully saturated rings. The smallest absolute Gasteiger partial charge is 0.328 e. The number of sulfonamides is 1. The molecule has 1 atom stereocenters. The lowest BCUT2D eigenvalue weighted by Crippen LogP contribution is -2.38. The highest BCUT2D eigenvalue weighted by atomic mass is 32.2. The van der Waals surface area contributed by atoms with Gasteiger partial charge in [0.1, 0.15) is 5.75 Å². The summed E-state index contributed by atoms with van der Waals surface area (Å²) in [6.07, 6.45) is 0. The number of nitrogens with one attached hydrogen (secondary N) is 1. The van der Waals surface area contributed by atoms with Crippen molar-refractivity contribution < 1.29 is 13.2 Å². The van der Waals surface area contributed by atoms with Crippen LogP contribution in [0.4, 0.5) is 0 Å². The van der Waals surface area contributed by atoms with Crippen LogP contribution in [0.3, 0.4) is 0 Å². The average Bonchev–Trinajstić information content (AvgIpc) is 3.00. The average molecular weight is 447 g/mol. The molecule has 0 saturated heterocycles. The number of likely N-dealkylation sites (N-methyl/N-ethyl adjacent to an activating group) is 1. The molecule has 3 rings (SSSR count). The molecule has 0 aliphatic rings. The van der Waals surface area contributed by atoms with Gasteiger partial charge in [-0.25, -0.2) is 17.9 Å². The lowest BCUT2D eigenvalue weighted by atomic mass is 10.0. The van der Waals surface area contributed by atoms with Gasteiger partial charge in [0.2, 0.25) is 10.0 Å². The largest absolute Gasteiger partial charge is 0.497 e. The van der Waals surface area contributed by atoms with Gasteiger partial charge in [0.05, 0.1) is 23.0 Å². The Morgan fingerprint density at radius 3 is 2.35 bits per heavy atom. The molecule has 0 unspecified atom stereocenters. The van der Waals surface area contributed by atoms with Crippen molar-refractivity contribution in [3.8, 4) is 5.75 Å². The first-order valence-electron chi connectivity index (χ1n) is 10.3. The molecule has 1 aromatic heterocycles. The highest BCUT2D eigenvalue weighted by Gasteiger charge is 2.23. The fourth-order valence-corrected chi connectivity index (χ4v) is 4.95. The number of imidazole rings is 1. The molecule has 8 nitrogen and oxygen atoms in total. The van der Waals surface area contributed by atoms with Crippen molar-refractivity contribution in [2.24, 2.45) is 14.1 Å². The first kappa shape index (κ1) is 23.1. The van der Waals surface area contributed by atoms with E-state index in [-0.39, 0.29) is 23.2 Å². The molecule has 0 saturated carbocycles. The molecule has 9 heteroatoms. The Balaban J connectivity index is 1.92. The molecular formula is C22H30N4O4S. The Kier molecular flexibility index (Phi) is 6.88. The SMILES string of the molecule is CCN(CC)[C@H](CNS(=O)(=O)c1ccc2c(c1)n(C)c(=O)n2C)c1cccc(OC)c1. The maximum absolute atomic E-state index is 13.1. The van der Waals surface area contributed by atoms with E-state index in [1.807, 2.05) is 24.3 Å². The predicted molar refractivity (Wildman–Crippen MR) is 122 cm³/mol. The van der Waals surface area contributed by atoms with E-state index in [1.165, 1.54) is 21.3 Å². The minimum Gasteiger partial charge on any atom is -0.497 e. The number of nitrogens with zero attached hydrogens (tertiary/aromatic N) is 3. The summed E-state index contributed by atoms with van der Waals surface area (Å²) in [5.41, 5.74) is 2.04. The second-order valence-corrected chi connectivity index (χ2v) is 9.18. The van der Waals surface area contributed by atoms with Gasteiger partial charge in [-0.1, -0.05) is 26.0 Å². The molecule has 1 N–H and O–H groups in total. The van der Waals surface area contributed by atoms with Crippen molar-refractivity contribution in [3.63, 3.8) is 0 Å². The lowest BCUT2D eigenvalue weighted by Gasteiger charge is -2.30. The van der Waals surface area contributed by atoms with E-state index in [4.69, 9.17) is 4.74 Å². The summed E-state index contributed by atoms with van der Waals surface area (Å²) in [6.45, 7) is 5.86. The fraction of sp³-hybridized carbons (Fsp3) is 0.409. The van der Waals surface area contributed by atoms with E-state index in [1.54, 1.807) is 27.3 Å². The molecule has 0 aliphatic heterocycles. The molecule has 0 amide bonds. The van der Waals surface area contributed by atoms with E-state index >= 15 is 0 Å². The van der Waals surface area contributed by atoms with Gasteiger partial charge in [-0.2, -0.15) is 0 Å². The van der Waals surface area contributed by atoms with Crippen LogP contribution in [-0.4, -0.2) is 49.2 Å². The number of aryl methyl sites for hydroxylation is 2. The minimum absolute atomic E-state index is 0.130. The van der Waals surface area contributed by atoms with E-state index in [0.29, 0.717) is 11.0 Å². The second-order valence-electron chi connectivity index (χ2n) is 7.42. The molecule has 0 spiro atoms. The summed E-state index contributed by atoms with van der Waals surface area (Å²) in [5, 5.41) is 0. The Labute approximate surface area is 183 Å². The van der Waals surface area contributed by atoms with E-state index < -0.39 is 10.0 Å². The van der Waals surface area contributed by atoms with Gasteiger partial charge in [-0.3, -0.25) is 14.0 Å². The van der Waals surface area contributed by atoms with Gasteiger partial charge < -0.3 is 4.74 Å². The third-order valence-electron chi connectivity index (χ3n) is 5.75. The van der Waals surface area contributed by atoms with Gasteiger partial charge in [-0.05, 0) is 49.0 Å². The summed E-state index contributed by atoms with van der Waals surface area (Å²) in [6, 6.07) is 12.3. The number of rotatable bonds is 9. The number of aromatic nitrogens is 2. The van der Waals surface area contributed by atoms with Crippen molar-refractivity contribution in [2.45, 2.75) is 24.8 Å². The van der Waals surface area contributed by atoms with Crippen LogP contribution in [0, 0.1) is 0 Å². The van der Waals surface area contributed by atoms with Crippen LogP contribution in [-0.2, 0) is 24.1 Å². The van der Waals surface area contributed by atoms with Crippen molar-refractivity contribution in [2.75, 3.05) is 26.7 Å². The normalized spacial score (nSPS) is 13.1. The molecule has 31 heavy (non-hydrogen) atoms. The summed E-state index contributed by atoms with van der Waals surface area (Å²) in [5.74, 6) is 0.730. The van der Waals surface area contributed by atoms with Crippen LogP contribution in [0.5, 0.6) is 5.75 Å². The molecule has 0 aliphatic carbocycles. The molecule has 0 bridgehead atoms. The molecule has 1 heterocycles. The van der Waals surface area contributed by atoms with Crippen LogP contribution in [0.15, 0.2) is 52.2 Å². The van der Waals surface area contributed by atoms with Crippen molar-refractivity contribution in [3.05, 3.63) is 58.5 Å². The second kappa shape index (κ2) is 9.25. The van der Waals surface area contributed by atoms with Gasteiger partial charge in [0.25, 0.3) is 0 Å². The summed E-state index contributed by atoms with van der Waals surface area (Å²) in [4.78, 5) is 14.5. The first-order valence-corrected chi connectivity index (χ1v) is 11.7. The molecule has 168 valence electrons. The Morgan fingerprint density at radius 2 is 1.71 bits per heavy atom. The quantitative estimate of drug-likeness (QED) is 0.545. The Hall–Kier alpha value is -2.62. The third-order valence-corrected chi connectivity index (χ3v) is 7.17. The number of benzene rings is 2. The van der Waals surface area contributed by atoms with Crippen molar-refractivity contribution in [1.29, 1.82) is 0 Å². The number of fused-ring (bicyclic) bond motifs is 1. The maximum Gasteiger partial charge on any atom is 0.328 e. The van der Waals surface area contributed by atoms with Crippen LogP contribution in [0.25, 0.3) is 11.0 Å². The van der Waals surface area contributed by atoms with Crippen LogP contribution in [0.1, 0.15) is 25.5 Å². The van der Waals surface area contributed by atoms with Crippen molar-refractivity contribution >= 4 is 21.1 Å². The number of methoxy groups -OCH3 is 1. The van der Waals surface area contributed by atoms with Gasteiger partial charge >= 0.3 is 5.69 Å². The molecule has 3 aromatic rings. The molecular weight excluding hydrogens is 416 g/mol. The summed E-state index contributed by atoms with van der Waals surface area (Å²) in [7, 11) is 1.14. The predicted octanol–water partition coefficient (Wildman–Crippen LogP) is 2.25. The van der Waals surface area contributed by atoms with Crippen LogP contribution >= 0.6 is 0 Å². The van der Waals surface area contributed by atoms with Gasteiger partial charge in [0.15, 0.2) is 0 Å². The Morgan fingerprint density at radius 1 is 1.03 bits per heavy atom. The monoisotopic (exact) mass is 446 g/mol. The highest BCUT2D eigenvalue weighted by Crippen LogP contribution is 2.25. The van der Waals surface area contributed by atoms with Gasteiger partial charge in [-0.15, -0.1) is 0 Å². The molecule has 2 aromatic carbocycles. The van der Waals surface area contributed by atoms with E-state index in [0.717, 1.165) is 24.4 Å². The number of hydrogen-bond acceptors (Lipinski definition) is 5. The van der Waals surface area contributed by atoms with Crippen LogP contribution < -0.4 is 15.1 Å².